The number of benzene rings is 2. The van der Waals surface area contributed by atoms with E-state index in [9.17, 15) is 4.79 Å². The molecule has 0 spiro atoms. The summed E-state index contributed by atoms with van der Waals surface area (Å²) >= 11 is 0. The van der Waals surface area contributed by atoms with Gasteiger partial charge in [-0.05, 0) is 59.7 Å². The number of carbonyl (C=O) groups excluding carboxylic acids is 1. The average Bonchev–Trinajstić information content (AvgIpc) is 2.65. The van der Waals surface area contributed by atoms with Crippen molar-refractivity contribution in [3.63, 3.8) is 0 Å². The molecule has 27 heavy (non-hydrogen) atoms. The molecule has 0 amide bonds. The number of Topliss-reactive ketones (excluding diaryl/α,β-unsaturated/α-hetero) is 1. The molecule has 0 saturated heterocycles. The van der Waals surface area contributed by atoms with Crippen LogP contribution in [0.2, 0.25) is 0 Å². The number of nitrogens with zero attached hydrogens (tertiary/aromatic N) is 1. The fourth-order valence-electron chi connectivity index (χ4n) is 2.89. The maximum absolute atomic E-state index is 12.1. The summed E-state index contributed by atoms with van der Waals surface area (Å²) in [4.78, 5) is 16.4. The van der Waals surface area contributed by atoms with E-state index >= 15 is 0 Å². The maximum atomic E-state index is 12.1. The second-order valence-electron chi connectivity index (χ2n) is 7.77. The molecule has 2 N–H and O–H groups in total. The van der Waals surface area contributed by atoms with Crippen LogP contribution >= 0.6 is 0 Å². The van der Waals surface area contributed by atoms with E-state index < -0.39 is 0 Å². The van der Waals surface area contributed by atoms with Crippen LogP contribution in [0.3, 0.4) is 0 Å². The SMILES string of the molecule is CC(C)(C)c1ccc(Oc2ccc3cc(C(=O)CCCN)ncc3c2)cc1. The van der Waals surface area contributed by atoms with E-state index in [0.717, 1.165) is 22.3 Å². The topological polar surface area (TPSA) is 65.2 Å². The highest BCUT2D eigenvalue weighted by Gasteiger charge is 2.13. The molecule has 4 nitrogen and oxygen atoms in total. The van der Waals surface area contributed by atoms with Crippen molar-refractivity contribution in [3.8, 4) is 11.5 Å². The van der Waals surface area contributed by atoms with Crippen molar-refractivity contribution in [2.45, 2.75) is 39.0 Å². The fraction of sp³-hybridized carbons (Fsp3) is 0.304. The van der Waals surface area contributed by atoms with E-state index in [2.05, 4.69) is 37.9 Å². The summed E-state index contributed by atoms with van der Waals surface area (Å²) in [6.07, 6.45) is 2.83. The third-order valence-corrected chi connectivity index (χ3v) is 4.54. The van der Waals surface area contributed by atoms with Crippen LogP contribution in [0.4, 0.5) is 0 Å². The van der Waals surface area contributed by atoms with Gasteiger partial charge in [0.1, 0.15) is 17.2 Å². The molecule has 0 fully saturated rings. The molecule has 0 unspecified atom stereocenters. The molecule has 0 radical (unpaired) electrons. The van der Waals surface area contributed by atoms with E-state index in [4.69, 9.17) is 10.5 Å². The van der Waals surface area contributed by atoms with Crippen LogP contribution in [0.15, 0.2) is 54.7 Å². The van der Waals surface area contributed by atoms with Gasteiger partial charge in [-0.1, -0.05) is 39.0 Å². The maximum Gasteiger partial charge on any atom is 0.181 e. The summed E-state index contributed by atoms with van der Waals surface area (Å²) in [6.45, 7) is 7.08. The van der Waals surface area contributed by atoms with Gasteiger partial charge in [0, 0.05) is 18.0 Å². The predicted molar refractivity (Wildman–Crippen MR) is 110 cm³/mol. The predicted octanol–water partition coefficient (Wildman–Crippen LogP) is 5.25. The summed E-state index contributed by atoms with van der Waals surface area (Å²) in [5.41, 5.74) is 7.34. The number of hydrogen-bond donors (Lipinski definition) is 1. The van der Waals surface area contributed by atoms with E-state index in [-0.39, 0.29) is 11.2 Å². The number of ketones is 1. The molecule has 0 atom stereocenters. The lowest BCUT2D eigenvalue weighted by Gasteiger charge is -2.19. The highest BCUT2D eigenvalue weighted by atomic mass is 16.5. The van der Waals surface area contributed by atoms with Crippen molar-refractivity contribution in [1.82, 2.24) is 4.98 Å². The number of rotatable bonds is 6. The average molecular weight is 362 g/mol. The van der Waals surface area contributed by atoms with Crippen LogP contribution in [0.5, 0.6) is 11.5 Å². The smallest absolute Gasteiger partial charge is 0.181 e. The molecule has 3 rings (SSSR count). The molecular formula is C23H26N2O2. The summed E-state index contributed by atoms with van der Waals surface area (Å²) in [6, 6.07) is 15.8. The molecule has 2 aromatic carbocycles. The number of pyridine rings is 1. The number of ether oxygens (including phenoxy) is 1. The van der Waals surface area contributed by atoms with Gasteiger partial charge >= 0.3 is 0 Å². The molecule has 0 aliphatic heterocycles. The van der Waals surface area contributed by atoms with Crippen LogP contribution < -0.4 is 10.5 Å². The van der Waals surface area contributed by atoms with Crippen LogP contribution in [-0.2, 0) is 5.41 Å². The third-order valence-electron chi connectivity index (χ3n) is 4.54. The summed E-state index contributed by atoms with van der Waals surface area (Å²) in [7, 11) is 0. The zero-order valence-corrected chi connectivity index (χ0v) is 16.2. The lowest BCUT2D eigenvalue weighted by molar-refractivity contribution is 0.0976. The first kappa shape index (κ1) is 19.1. The van der Waals surface area contributed by atoms with Gasteiger partial charge in [-0.25, -0.2) is 0 Å². The standard InChI is InChI=1S/C23H26N2O2/c1-23(2,3)18-7-10-19(11-8-18)27-20-9-6-16-14-21(22(26)5-4-12-24)25-15-17(16)13-20/h6-11,13-15H,4-5,12,24H2,1-3H3. The lowest BCUT2D eigenvalue weighted by atomic mass is 9.87. The zero-order chi connectivity index (χ0) is 19.4. The Kier molecular flexibility index (Phi) is 5.57. The zero-order valence-electron chi connectivity index (χ0n) is 16.2. The lowest BCUT2D eigenvalue weighted by Crippen LogP contribution is -2.10. The van der Waals surface area contributed by atoms with Crippen LogP contribution in [0.25, 0.3) is 10.8 Å². The van der Waals surface area contributed by atoms with E-state index in [1.165, 1.54) is 5.56 Å². The van der Waals surface area contributed by atoms with Crippen molar-refractivity contribution < 1.29 is 9.53 Å². The Bertz CT molecular complexity index is 941. The van der Waals surface area contributed by atoms with Gasteiger partial charge in [0.25, 0.3) is 0 Å². The van der Waals surface area contributed by atoms with Crippen LogP contribution in [0.1, 0.15) is 49.7 Å². The molecular weight excluding hydrogens is 336 g/mol. The second-order valence-corrected chi connectivity index (χ2v) is 7.77. The minimum absolute atomic E-state index is 0.0293. The van der Waals surface area contributed by atoms with Crippen molar-refractivity contribution in [1.29, 1.82) is 0 Å². The van der Waals surface area contributed by atoms with Crippen LogP contribution in [0, 0.1) is 0 Å². The van der Waals surface area contributed by atoms with Crippen molar-refractivity contribution in [3.05, 3.63) is 66.0 Å². The molecule has 0 bridgehead atoms. The van der Waals surface area contributed by atoms with Gasteiger partial charge in [-0.15, -0.1) is 0 Å². The van der Waals surface area contributed by atoms with Gasteiger partial charge < -0.3 is 10.5 Å². The first-order valence-corrected chi connectivity index (χ1v) is 9.28. The second kappa shape index (κ2) is 7.89. The number of hydrogen-bond acceptors (Lipinski definition) is 4. The Morgan fingerprint density at radius 1 is 1.00 bits per heavy atom. The highest BCUT2D eigenvalue weighted by Crippen LogP contribution is 2.28. The van der Waals surface area contributed by atoms with Crippen molar-refractivity contribution >= 4 is 16.6 Å². The van der Waals surface area contributed by atoms with Gasteiger partial charge in [-0.3, -0.25) is 9.78 Å². The minimum Gasteiger partial charge on any atom is -0.457 e. The Morgan fingerprint density at radius 3 is 2.37 bits per heavy atom. The first-order valence-electron chi connectivity index (χ1n) is 9.28. The molecule has 3 aromatic rings. The van der Waals surface area contributed by atoms with E-state index in [1.54, 1.807) is 6.20 Å². The third kappa shape index (κ3) is 4.72. The summed E-state index contributed by atoms with van der Waals surface area (Å²) in [5.74, 6) is 1.57. The molecule has 0 saturated carbocycles. The molecule has 0 aliphatic rings. The van der Waals surface area contributed by atoms with Gasteiger partial charge in [-0.2, -0.15) is 0 Å². The largest absolute Gasteiger partial charge is 0.457 e. The monoisotopic (exact) mass is 362 g/mol. The quantitative estimate of drug-likeness (QED) is 0.609. The van der Waals surface area contributed by atoms with Gasteiger partial charge in [0.2, 0.25) is 0 Å². The van der Waals surface area contributed by atoms with E-state index in [1.807, 2.05) is 36.4 Å². The van der Waals surface area contributed by atoms with E-state index in [0.29, 0.717) is 25.1 Å². The summed E-state index contributed by atoms with van der Waals surface area (Å²) in [5, 5.41) is 1.91. The van der Waals surface area contributed by atoms with Gasteiger partial charge in [0.05, 0.1) is 0 Å². The molecule has 140 valence electrons. The Hall–Kier alpha value is -2.72. The highest BCUT2D eigenvalue weighted by molar-refractivity contribution is 5.97. The normalized spacial score (nSPS) is 11.6. The number of fused-ring (bicyclic) bond motifs is 1. The Morgan fingerprint density at radius 2 is 1.70 bits per heavy atom. The molecule has 1 aromatic heterocycles. The van der Waals surface area contributed by atoms with Gasteiger partial charge in [0.15, 0.2) is 5.78 Å². The number of nitrogens with two attached hydrogens (primary N) is 1. The van der Waals surface area contributed by atoms with Crippen LogP contribution in [-0.4, -0.2) is 17.3 Å². The Labute approximate surface area is 160 Å². The molecule has 4 heteroatoms. The molecule has 1 heterocycles. The number of carbonyl (C=O) groups is 1. The fourth-order valence-corrected chi connectivity index (χ4v) is 2.89. The first-order chi connectivity index (χ1) is 12.9. The number of aromatic nitrogens is 1. The minimum atomic E-state index is 0.0293. The van der Waals surface area contributed by atoms with Crippen molar-refractivity contribution in [2.24, 2.45) is 5.73 Å². The van der Waals surface area contributed by atoms with Crippen molar-refractivity contribution in [2.75, 3.05) is 6.54 Å². The summed E-state index contributed by atoms with van der Waals surface area (Å²) < 4.78 is 5.98. The Balaban J connectivity index is 1.77. The molecule has 0 aliphatic carbocycles.